The topological polar surface area (TPSA) is 68.0 Å². The molecule has 0 saturated heterocycles. The number of fused-ring (bicyclic) bond motifs is 1. The van der Waals surface area contributed by atoms with Crippen molar-refractivity contribution in [1.82, 2.24) is 15.5 Å². The molecule has 2 heterocycles. The van der Waals surface area contributed by atoms with Gasteiger partial charge in [0.25, 0.3) is 5.91 Å². The molecule has 2 aliphatic carbocycles. The minimum Gasteiger partial charge on any atom is -0.340 e. The van der Waals surface area contributed by atoms with Crippen molar-refractivity contribution in [3.05, 3.63) is 33.1 Å². The van der Waals surface area contributed by atoms with Gasteiger partial charge in [-0.2, -0.15) is 4.98 Å². The van der Waals surface area contributed by atoms with Gasteiger partial charge in [-0.15, -0.1) is 11.3 Å². The normalized spacial score (nSPS) is 21.2. The number of nitrogens with one attached hydrogen (secondary N) is 1. The van der Waals surface area contributed by atoms with Crippen LogP contribution in [0.1, 0.15) is 84.5 Å². The predicted octanol–water partition coefficient (Wildman–Crippen LogP) is 4.26. The van der Waals surface area contributed by atoms with Crippen LogP contribution in [0.4, 0.5) is 0 Å². The molecule has 0 bridgehead atoms. The highest BCUT2D eigenvalue weighted by atomic mass is 32.1. The number of carbonyl (C=O) groups is 1. The highest BCUT2D eigenvalue weighted by Crippen LogP contribution is 2.39. The van der Waals surface area contributed by atoms with Gasteiger partial charge in [0, 0.05) is 16.2 Å². The second-order valence-corrected chi connectivity index (χ2v) is 8.82. The first-order valence-corrected chi connectivity index (χ1v) is 10.1. The van der Waals surface area contributed by atoms with E-state index in [1.54, 1.807) is 11.3 Å². The van der Waals surface area contributed by atoms with E-state index in [1.165, 1.54) is 10.4 Å². The molecule has 1 N–H and O–H groups in total. The number of hydrogen-bond donors (Lipinski definition) is 1. The third kappa shape index (κ3) is 3.36. The fraction of sp³-hybridized carbons (Fsp3) is 0.632. The van der Waals surface area contributed by atoms with Gasteiger partial charge >= 0.3 is 0 Å². The zero-order valence-corrected chi connectivity index (χ0v) is 15.9. The van der Waals surface area contributed by atoms with E-state index in [1.807, 2.05) is 5.38 Å². The Labute approximate surface area is 152 Å². The summed E-state index contributed by atoms with van der Waals surface area (Å²) in [5.41, 5.74) is 2.08. The van der Waals surface area contributed by atoms with Crippen LogP contribution in [-0.2, 0) is 12.8 Å². The second kappa shape index (κ2) is 6.56. The molecular weight excluding hydrogens is 334 g/mol. The van der Waals surface area contributed by atoms with Crippen LogP contribution in [0.25, 0.3) is 0 Å². The summed E-state index contributed by atoms with van der Waals surface area (Å²) in [7, 11) is 0. The van der Waals surface area contributed by atoms with Crippen LogP contribution in [0.5, 0.6) is 0 Å². The van der Waals surface area contributed by atoms with E-state index in [0.29, 0.717) is 17.7 Å². The lowest BCUT2D eigenvalue weighted by atomic mass is 9.88. The van der Waals surface area contributed by atoms with Crippen LogP contribution in [0.3, 0.4) is 0 Å². The van der Waals surface area contributed by atoms with E-state index in [0.717, 1.165) is 43.5 Å². The average Bonchev–Trinajstić information content (AvgIpc) is 3.16. The Bertz CT molecular complexity index is 775. The molecule has 5 nitrogen and oxygen atoms in total. The van der Waals surface area contributed by atoms with Crippen LogP contribution >= 0.6 is 11.3 Å². The second-order valence-electron chi connectivity index (χ2n) is 7.86. The van der Waals surface area contributed by atoms with Gasteiger partial charge in [0.1, 0.15) is 6.04 Å². The molecule has 2 atom stereocenters. The molecule has 0 spiro atoms. The first kappa shape index (κ1) is 16.8. The summed E-state index contributed by atoms with van der Waals surface area (Å²) in [6.07, 6.45) is 5.52. The zero-order valence-electron chi connectivity index (χ0n) is 15.0. The van der Waals surface area contributed by atoms with E-state index in [4.69, 9.17) is 4.52 Å². The van der Waals surface area contributed by atoms with Crippen molar-refractivity contribution < 1.29 is 9.32 Å². The van der Waals surface area contributed by atoms with Crippen LogP contribution in [0, 0.1) is 11.8 Å². The summed E-state index contributed by atoms with van der Waals surface area (Å²) in [5.74, 6) is 2.65. The van der Waals surface area contributed by atoms with Gasteiger partial charge in [0.2, 0.25) is 5.89 Å². The molecule has 2 unspecified atom stereocenters. The van der Waals surface area contributed by atoms with Crippen molar-refractivity contribution in [1.29, 1.82) is 0 Å². The van der Waals surface area contributed by atoms with E-state index in [9.17, 15) is 4.79 Å². The third-order valence-corrected chi connectivity index (χ3v) is 6.32. The Morgan fingerprint density at radius 1 is 1.36 bits per heavy atom. The highest BCUT2D eigenvalue weighted by molar-refractivity contribution is 7.10. The molecule has 1 fully saturated rings. The van der Waals surface area contributed by atoms with Crippen molar-refractivity contribution in [2.75, 3.05) is 0 Å². The molecule has 134 valence electrons. The van der Waals surface area contributed by atoms with Crippen molar-refractivity contribution in [3.8, 4) is 0 Å². The number of amides is 1. The van der Waals surface area contributed by atoms with E-state index in [2.05, 4.69) is 36.2 Å². The van der Waals surface area contributed by atoms with Crippen molar-refractivity contribution >= 4 is 17.2 Å². The fourth-order valence-corrected chi connectivity index (χ4v) is 4.73. The molecule has 0 radical (unpaired) electrons. The zero-order chi connectivity index (χ0) is 17.6. The number of aromatic nitrogens is 2. The molecule has 0 aliphatic heterocycles. The maximum absolute atomic E-state index is 12.9. The van der Waals surface area contributed by atoms with Gasteiger partial charge in [0.15, 0.2) is 5.82 Å². The fourth-order valence-electron chi connectivity index (χ4n) is 3.48. The van der Waals surface area contributed by atoms with Gasteiger partial charge in [-0.3, -0.25) is 4.79 Å². The highest BCUT2D eigenvalue weighted by Gasteiger charge is 2.32. The summed E-state index contributed by atoms with van der Waals surface area (Å²) in [5, 5.41) is 9.25. The average molecular weight is 359 g/mol. The Balaban J connectivity index is 1.53. The van der Waals surface area contributed by atoms with Gasteiger partial charge < -0.3 is 9.84 Å². The standard InChI is InChI=1S/C19H25N3O2S/c1-10(2)16(19-21-17(22-24-19)12-5-6-12)20-18(23)14-9-25-15-8-11(3)4-7-13(14)15/h9-12,16H,4-8H2,1-3H3,(H,20,23). The Morgan fingerprint density at radius 3 is 2.88 bits per heavy atom. The van der Waals surface area contributed by atoms with Crippen LogP contribution < -0.4 is 5.32 Å². The first-order chi connectivity index (χ1) is 12.0. The lowest BCUT2D eigenvalue weighted by molar-refractivity contribution is 0.0913. The van der Waals surface area contributed by atoms with E-state index < -0.39 is 0 Å². The largest absolute Gasteiger partial charge is 0.340 e. The molecule has 1 saturated carbocycles. The van der Waals surface area contributed by atoms with Gasteiger partial charge in [-0.05, 0) is 49.5 Å². The molecule has 2 aromatic rings. The molecule has 2 aliphatic rings. The number of carbonyl (C=O) groups excluding carboxylic acids is 1. The summed E-state index contributed by atoms with van der Waals surface area (Å²) in [6.45, 7) is 6.41. The summed E-state index contributed by atoms with van der Waals surface area (Å²) in [4.78, 5) is 18.8. The Morgan fingerprint density at radius 2 is 2.16 bits per heavy atom. The number of nitrogens with zero attached hydrogens (tertiary/aromatic N) is 2. The van der Waals surface area contributed by atoms with Gasteiger partial charge in [-0.25, -0.2) is 0 Å². The minimum atomic E-state index is -0.245. The maximum Gasteiger partial charge on any atom is 0.253 e. The van der Waals surface area contributed by atoms with Gasteiger partial charge in [0.05, 0.1) is 5.56 Å². The lowest BCUT2D eigenvalue weighted by Crippen LogP contribution is -2.32. The van der Waals surface area contributed by atoms with E-state index in [-0.39, 0.29) is 17.9 Å². The SMILES string of the molecule is CC1CCc2c(C(=O)NC(c3nc(C4CC4)no3)C(C)C)csc2C1. The van der Waals surface area contributed by atoms with Crippen molar-refractivity contribution in [3.63, 3.8) is 0 Å². The molecule has 4 rings (SSSR count). The molecule has 2 aromatic heterocycles. The third-order valence-electron chi connectivity index (χ3n) is 5.27. The molecule has 0 aromatic carbocycles. The molecule has 25 heavy (non-hydrogen) atoms. The smallest absolute Gasteiger partial charge is 0.253 e. The molecular formula is C19H25N3O2S. The number of rotatable bonds is 5. The monoisotopic (exact) mass is 359 g/mol. The maximum atomic E-state index is 12.9. The molecule has 6 heteroatoms. The lowest BCUT2D eigenvalue weighted by Gasteiger charge is -2.21. The Hall–Kier alpha value is -1.69. The minimum absolute atomic E-state index is 0.0167. The van der Waals surface area contributed by atoms with Crippen molar-refractivity contribution in [2.24, 2.45) is 11.8 Å². The van der Waals surface area contributed by atoms with Gasteiger partial charge in [-0.1, -0.05) is 25.9 Å². The van der Waals surface area contributed by atoms with Crippen LogP contribution in [-0.4, -0.2) is 16.0 Å². The Kier molecular flexibility index (Phi) is 4.40. The first-order valence-electron chi connectivity index (χ1n) is 9.26. The van der Waals surface area contributed by atoms with E-state index >= 15 is 0 Å². The van der Waals surface area contributed by atoms with Crippen LogP contribution in [0.2, 0.25) is 0 Å². The number of thiophene rings is 1. The summed E-state index contributed by atoms with van der Waals surface area (Å²) in [6, 6.07) is -0.245. The number of hydrogen-bond acceptors (Lipinski definition) is 5. The quantitative estimate of drug-likeness (QED) is 0.866. The summed E-state index contributed by atoms with van der Waals surface area (Å²) < 4.78 is 5.46. The van der Waals surface area contributed by atoms with Crippen molar-refractivity contribution in [2.45, 2.75) is 64.8 Å². The summed E-state index contributed by atoms with van der Waals surface area (Å²) >= 11 is 1.72. The van der Waals surface area contributed by atoms with Crippen LogP contribution in [0.15, 0.2) is 9.90 Å². The predicted molar refractivity (Wildman–Crippen MR) is 96.8 cm³/mol. The molecule has 1 amide bonds.